The van der Waals surface area contributed by atoms with Gasteiger partial charge in [0.05, 0.1) is 22.3 Å². The first-order valence-electron chi connectivity index (χ1n) is 14.9. The molecule has 6 rings (SSSR count). The number of para-hydroxylation sites is 1. The number of Topliss-reactive ketones (excluding diaryl/α,β-unsaturated/α-hetero) is 1. The average Bonchev–Trinajstić information content (AvgIpc) is 3.56. The van der Waals surface area contributed by atoms with Gasteiger partial charge < -0.3 is 9.80 Å². The lowest BCUT2D eigenvalue weighted by atomic mass is 10.0. The van der Waals surface area contributed by atoms with Gasteiger partial charge in [0.2, 0.25) is 16.0 Å². The van der Waals surface area contributed by atoms with Crippen LogP contribution in [0.1, 0.15) is 25.0 Å². The van der Waals surface area contributed by atoms with Gasteiger partial charge in [-0.1, -0.05) is 35.9 Å². The predicted molar refractivity (Wildman–Crippen MR) is 170 cm³/mol. The average molecular weight is 652 g/mol. The summed E-state index contributed by atoms with van der Waals surface area (Å²) in [6.07, 6.45) is 1.38. The van der Waals surface area contributed by atoms with Crippen LogP contribution in [0.2, 0.25) is 5.02 Å². The van der Waals surface area contributed by atoms with E-state index in [-0.39, 0.29) is 29.5 Å². The second-order valence-corrected chi connectivity index (χ2v) is 13.5. The highest BCUT2D eigenvalue weighted by atomic mass is 35.5. The number of nitrogens with zero attached hydrogens (tertiary/aromatic N) is 5. The monoisotopic (exact) mass is 651 g/mol. The summed E-state index contributed by atoms with van der Waals surface area (Å²) in [5.74, 6) is -0.466. The van der Waals surface area contributed by atoms with Crippen molar-refractivity contribution < 1.29 is 22.0 Å². The fourth-order valence-corrected chi connectivity index (χ4v) is 7.69. The Bertz CT molecular complexity index is 1780. The molecule has 4 aromatic rings. The lowest BCUT2D eigenvalue weighted by Gasteiger charge is -2.36. The van der Waals surface area contributed by atoms with Crippen molar-refractivity contribution in [2.45, 2.75) is 36.6 Å². The summed E-state index contributed by atoms with van der Waals surface area (Å²) in [4.78, 5) is 27.1. The Morgan fingerprint density at radius 2 is 1.56 bits per heavy atom. The third-order valence-electron chi connectivity index (χ3n) is 8.29. The number of aromatic nitrogens is 2. The maximum atomic E-state index is 14.4. The van der Waals surface area contributed by atoms with Crippen LogP contribution >= 0.6 is 11.6 Å². The first kappa shape index (κ1) is 31.1. The lowest BCUT2D eigenvalue weighted by molar-refractivity contribution is -0.122. The Morgan fingerprint density at radius 3 is 2.27 bits per heavy atom. The quantitative estimate of drug-likeness (QED) is 0.228. The van der Waals surface area contributed by atoms with Crippen molar-refractivity contribution in [3.8, 4) is 11.3 Å². The van der Waals surface area contributed by atoms with Crippen molar-refractivity contribution in [1.82, 2.24) is 14.3 Å². The zero-order valence-electron chi connectivity index (χ0n) is 24.4. The molecule has 0 saturated carbocycles. The third-order valence-corrected chi connectivity index (χ3v) is 10.5. The summed E-state index contributed by atoms with van der Waals surface area (Å²) in [7, 11) is -3.95. The number of benzene rings is 3. The van der Waals surface area contributed by atoms with Crippen LogP contribution in [0, 0.1) is 11.6 Å². The second kappa shape index (κ2) is 13.2. The molecule has 0 aliphatic carbocycles. The van der Waals surface area contributed by atoms with Gasteiger partial charge in [-0.25, -0.2) is 27.2 Å². The van der Waals surface area contributed by atoms with Gasteiger partial charge in [0.15, 0.2) is 5.78 Å². The van der Waals surface area contributed by atoms with E-state index in [1.54, 1.807) is 24.3 Å². The molecule has 8 nitrogen and oxygen atoms in total. The van der Waals surface area contributed by atoms with E-state index in [0.717, 1.165) is 17.7 Å². The van der Waals surface area contributed by atoms with Gasteiger partial charge in [0, 0.05) is 55.4 Å². The number of ketones is 1. The lowest BCUT2D eigenvalue weighted by Crippen LogP contribution is -2.47. The van der Waals surface area contributed by atoms with E-state index in [9.17, 15) is 22.0 Å². The topological polar surface area (TPSA) is 86.7 Å². The van der Waals surface area contributed by atoms with Crippen LogP contribution in [0.3, 0.4) is 0 Å². The van der Waals surface area contributed by atoms with Crippen LogP contribution in [0.4, 0.5) is 20.4 Å². The van der Waals surface area contributed by atoms with Crippen LogP contribution < -0.4 is 9.80 Å². The molecule has 2 saturated heterocycles. The molecule has 0 amide bonds. The summed E-state index contributed by atoms with van der Waals surface area (Å²) in [6.45, 7) is 2.56. The first-order valence-corrected chi connectivity index (χ1v) is 16.7. The molecule has 1 atom stereocenters. The first-order chi connectivity index (χ1) is 21.7. The highest BCUT2D eigenvalue weighted by molar-refractivity contribution is 7.89. The molecule has 0 N–H and O–H groups in total. The number of carbonyl (C=O) groups is 1. The number of halogens is 3. The van der Waals surface area contributed by atoms with E-state index in [4.69, 9.17) is 21.6 Å². The highest BCUT2D eigenvalue weighted by Gasteiger charge is 2.39. The molecule has 3 heterocycles. The number of rotatable bonds is 9. The van der Waals surface area contributed by atoms with Gasteiger partial charge >= 0.3 is 0 Å². The van der Waals surface area contributed by atoms with Gasteiger partial charge in [0.1, 0.15) is 11.6 Å². The molecule has 2 aliphatic rings. The van der Waals surface area contributed by atoms with Crippen molar-refractivity contribution in [3.63, 3.8) is 0 Å². The Kier molecular flexibility index (Phi) is 9.11. The predicted octanol–water partition coefficient (Wildman–Crippen LogP) is 5.76. The van der Waals surface area contributed by atoms with Crippen molar-refractivity contribution in [2.75, 3.05) is 42.5 Å². The minimum absolute atomic E-state index is 0.0354. The van der Waals surface area contributed by atoms with Crippen LogP contribution in [0.15, 0.2) is 83.8 Å². The van der Waals surface area contributed by atoms with Crippen molar-refractivity contribution in [1.29, 1.82) is 0 Å². The van der Waals surface area contributed by atoms with Crippen LogP contribution in [-0.4, -0.2) is 67.2 Å². The third kappa shape index (κ3) is 6.85. The smallest absolute Gasteiger partial charge is 0.243 e. The normalized spacial score (nSPS) is 17.5. The van der Waals surface area contributed by atoms with Gasteiger partial charge in [-0.15, -0.1) is 0 Å². The van der Waals surface area contributed by atoms with Crippen LogP contribution in [0.5, 0.6) is 0 Å². The number of hydrogen-bond acceptors (Lipinski definition) is 7. The molecule has 2 fully saturated rings. The minimum atomic E-state index is -3.95. The van der Waals surface area contributed by atoms with Crippen LogP contribution in [0.25, 0.3) is 11.3 Å². The van der Waals surface area contributed by atoms with Gasteiger partial charge in [-0.3, -0.25) is 4.79 Å². The Morgan fingerprint density at radius 1 is 0.867 bits per heavy atom. The molecule has 12 heteroatoms. The van der Waals surface area contributed by atoms with E-state index in [1.807, 2.05) is 29.2 Å². The Balaban J connectivity index is 1.20. The number of piperazine rings is 1. The van der Waals surface area contributed by atoms with Gasteiger partial charge in [0.25, 0.3) is 0 Å². The number of aryl methyl sites for hydroxylation is 1. The molecule has 234 valence electrons. The van der Waals surface area contributed by atoms with Crippen molar-refractivity contribution >= 4 is 39.0 Å². The molecule has 2 aliphatic heterocycles. The molecule has 3 aromatic carbocycles. The Labute approximate surface area is 266 Å². The molecule has 0 radical (unpaired) electrons. The molecule has 0 bridgehead atoms. The number of hydrogen-bond donors (Lipinski definition) is 0. The van der Waals surface area contributed by atoms with E-state index in [1.165, 1.54) is 22.5 Å². The summed E-state index contributed by atoms with van der Waals surface area (Å²) in [5.41, 5.74) is 2.74. The number of anilines is 2. The molecular formula is C33H32ClF2N5O3S. The molecule has 0 spiro atoms. The van der Waals surface area contributed by atoms with Crippen molar-refractivity contribution in [3.05, 3.63) is 101 Å². The highest BCUT2D eigenvalue weighted by Crippen LogP contribution is 2.29. The number of carbonyl (C=O) groups excluding carboxylic acids is 1. The standard InChI is InChI=1S/C33H32ClF2N5O3S/c34-24-9-7-23(8-10-24)29-22-26(37-33(38-29)40-20-18-39(19-21-40)30-5-2-1-4-28(30)36)13-16-32(42)31-6-3-17-41(31)45(43,44)27-14-11-25(35)12-15-27/h1-2,4-5,7-12,14-15,22,31H,3,6,13,16-21H2/t31-/m0/s1. The largest absolute Gasteiger partial charge is 0.366 e. The van der Waals surface area contributed by atoms with E-state index < -0.39 is 21.9 Å². The van der Waals surface area contributed by atoms with E-state index >= 15 is 0 Å². The van der Waals surface area contributed by atoms with Crippen molar-refractivity contribution in [2.24, 2.45) is 0 Å². The molecule has 45 heavy (non-hydrogen) atoms. The zero-order valence-corrected chi connectivity index (χ0v) is 26.0. The molecule has 0 unspecified atom stereocenters. The zero-order chi connectivity index (χ0) is 31.6. The maximum absolute atomic E-state index is 14.4. The minimum Gasteiger partial charge on any atom is -0.366 e. The fourth-order valence-electron chi connectivity index (χ4n) is 5.89. The van der Waals surface area contributed by atoms with E-state index in [0.29, 0.717) is 73.5 Å². The summed E-state index contributed by atoms with van der Waals surface area (Å²) in [5, 5.41) is 0.597. The summed E-state index contributed by atoms with van der Waals surface area (Å²) >= 11 is 6.12. The SMILES string of the molecule is O=C(CCc1cc(-c2ccc(Cl)cc2)nc(N2CCN(c3ccccc3F)CC2)n1)[C@@H]1CCCN1S(=O)(=O)c1ccc(F)cc1. The molecular weight excluding hydrogens is 620 g/mol. The van der Waals surface area contributed by atoms with Gasteiger partial charge in [-0.05, 0) is 73.9 Å². The fraction of sp³-hybridized carbons (Fsp3) is 0.303. The Hall–Kier alpha value is -3.93. The van der Waals surface area contributed by atoms with E-state index in [2.05, 4.69) is 4.90 Å². The number of sulfonamides is 1. The van der Waals surface area contributed by atoms with Crippen LogP contribution in [-0.2, 0) is 21.2 Å². The maximum Gasteiger partial charge on any atom is 0.243 e. The second-order valence-electron chi connectivity index (χ2n) is 11.2. The summed E-state index contributed by atoms with van der Waals surface area (Å²) in [6, 6.07) is 19.7. The van der Waals surface area contributed by atoms with Gasteiger partial charge in [-0.2, -0.15) is 4.31 Å². The molecule has 1 aromatic heterocycles. The summed E-state index contributed by atoms with van der Waals surface area (Å²) < 4.78 is 55.7.